The lowest BCUT2D eigenvalue weighted by Crippen LogP contribution is -2.56. The van der Waals surface area contributed by atoms with Crippen LogP contribution in [0.4, 0.5) is 0 Å². The summed E-state index contributed by atoms with van der Waals surface area (Å²) in [6, 6.07) is 15.2. The highest BCUT2D eigenvalue weighted by Crippen LogP contribution is 2.39. The molecular formula is C30H40N2O3S. The third-order valence-electron chi connectivity index (χ3n) is 8.20. The van der Waals surface area contributed by atoms with Crippen LogP contribution in [-0.2, 0) is 4.79 Å². The van der Waals surface area contributed by atoms with Crippen LogP contribution in [0, 0.1) is 25.7 Å². The summed E-state index contributed by atoms with van der Waals surface area (Å²) in [7, 11) is 0. The number of aliphatic hydroxyl groups is 1. The summed E-state index contributed by atoms with van der Waals surface area (Å²) in [5, 5.41) is 14.6. The van der Waals surface area contributed by atoms with E-state index in [4.69, 9.17) is 0 Å². The number of carbonyl (C=O) groups excluding carboxylic acids is 2. The fourth-order valence-corrected chi connectivity index (χ4v) is 6.91. The number of hydrogen-bond donors (Lipinski definition) is 2. The van der Waals surface area contributed by atoms with E-state index in [1.807, 2.05) is 62.4 Å². The normalized spacial score (nSPS) is 23.9. The quantitative estimate of drug-likeness (QED) is 0.465. The molecule has 6 heteroatoms. The second-order valence-electron chi connectivity index (χ2n) is 10.6. The highest BCUT2D eigenvalue weighted by Gasteiger charge is 2.40. The second-order valence-corrected chi connectivity index (χ2v) is 11.7. The van der Waals surface area contributed by atoms with Crippen LogP contribution in [0.5, 0.6) is 0 Å². The average Bonchev–Trinajstić information content (AvgIpc) is 2.88. The highest BCUT2D eigenvalue weighted by atomic mass is 32.2. The minimum absolute atomic E-state index is 0.142. The maximum atomic E-state index is 13.3. The van der Waals surface area contributed by atoms with E-state index in [1.54, 1.807) is 18.7 Å². The molecule has 2 aromatic rings. The molecule has 1 heterocycles. The Morgan fingerprint density at radius 1 is 1.06 bits per heavy atom. The molecule has 2 aromatic carbocycles. The van der Waals surface area contributed by atoms with Gasteiger partial charge in [0.15, 0.2) is 0 Å². The Kier molecular flexibility index (Phi) is 9.26. The van der Waals surface area contributed by atoms with Crippen LogP contribution >= 0.6 is 11.8 Å². The number of β-amino-alcohol motifs (C(OH)–C–C–N with tert-alkyl or cyclic N) is 1. The van der Waals surface area contributed by atoms with Crippen molar-refractivity contribution < 1.29 is 14.7 Å². The zero-order valence-corrected chi connectivity index (χ0v) is 22.6. The van der Waals surface area contributed by atoms with Gasteiger partial charge < -0.3 is 10.4 Å². The number of aliphatic hydroxyl groups excluding tert-OH is 1. The van der Waals surface area contributed by atoms with E-state index in [0.717, 1.165) is 29.0 Å². The van der Waals surface area contributed by atoms with Crippen LogP contribution in [0.25, 0.3) is 0 Å². The third kappa shape index (κ3) is 6.58. The molecule has 1 amide bonds. The summed E-state index contributed by atoms with van der Waals surface area (Å²) < 4.78 is 0. The van der Waals surface area contributed by atoms with E-state index >= 15 is 0 Å². The van der Waals surface area contributed by atoms with E-state index in [-0.39, 0.29) is 17.7 Å². The minimum Gasteiger partial charge on any atom is -0.390 e. The number of carbonyl (C=O) groups is 2. The number of fused-ring (bicyclic) bond motifs is 1. The highest BCUT2D eigenvalue weighted by molar-refractivity contribution is 7.99. The maximum absolute atomic E-state index is 13.3. The first-order valence-electron chi connectivity index (χ1n) is 13.3. The van der Waals surface area contributed by atoms with Gasteiger partial charge in [0.2, 0.25) is 0 Å². The van der Waals surface area contributed by atoms with Crippen LogP contribution in [0.1, 0.15) is 60.5 Å². The van der Waals surface area contributed by atoms with Crippen molar-refractivity contribution in [3.63, 3.8) is 0 Å². The Hall–Kier alpha value is -2.15. The van der Waals surface area contributed by atoms with Gasteiger partial charge in [0.25, 0.3) is 5.91 Å². The number of hydrogen-bond acceptors (Lipinski definition) is 5. The lowest BCUT2D eigenvalue weighted by molar-refractivity contribution is -0.126. The van der Waals surface area contributed by atoms with E-state index in [2.05, 4.69) is 10.2 Å². The Labute approximate surface area is 220 Å². The summed E-state index contributed by atoms with van der Waals surface area (Å²) in [4.78, 5) is 29.2. The number of thioether (sulfide) groups is 1. The molecule has 2 aliphatic rings. The number of rotatable bonds is 9. The molecule has 0 radical (unpaired) electrons. The number of aryl methyl sites for hydroxylation is 1. The number of Topliss-reactive ketones (excluding diaryl/α,β-unsaturated/α-hetero) is 1. The SMILES string of the molecule is CC(=O)[C@@H]1C[C@@H]2CCCC[C@@H]2CN1C[C@@H](O)[C@H](CSc1ccccc1)NC(=O)c1cccc(C)c1C. The number of nitrogens with one attached hydrogen (secondary N) is 1. The first-order valence-corrected chi connectivity index (χ1v) is 14.3. The van der Waals surface area contributed by atoms with Gasteiger partial charge in [-0.15, -0.1) is 11.8 Å². The molecule has 2 fully saturated rings. The molecule has 1 aliphatic carbocycles. The van der Waals surface area contributed by atoms with Crippen molar-refractivity contribution in [2.75, 3.05) is 18.8 Å². The van der Waals surface area contributed by atoms with Crippen LogP contribution in [0.15, 0.2) is 53.4 Å². The van der Waals surface area contributed by atoms with Crippen molar-refractivity contribution in [2.45, 2.75) is 76.0 Å². The van der Waals surface area contributed by atoms with Crippen LogP contribution in [-0.4, -0.2) is 58.7 Å². The number of amides is 1. The monoisotopic (exact) mass is 508 g/mol. The van der Waals surface area contributed by atoms with Crippen molar-refractivity contribution in [3.05, 3.63) is 65.2 Å². The van der Waals surface area contributed by atoms with Gasteiger partial charge in [0.05, 0.1) is 18.2 Å². The molecule has 194 valence electrons. The summed E-state index contributed by atoms with van der Waals surface area (Å²) in [6.07, 6.45) is 5.05. The van der Waals surface area contributed by atoms with Gasteiger partial charge in [-0.25, -0.2) is 0 Å². The molecule has 1 saturated carbocycles. The predicted molar refractivity (Wildman–Crippen MR) is 146 cm³/mol. The van der Waals surface area contributed by atoms with Crippen molar-refractivity contribution in [3.8, 4) is 0 Å². The van der Waals surface area contributed by atoms with E-state index < -0.39 is 12.1 Å². The van der Waals surface area contributed by atoms with Crippen molar-refractivity contribution in [2.24, 2.45) is 11.8 Å². The summed E-state index contributed by atoms with van der Waals surface area (Å²) in [5.41, 5.74) is 2.66. The van der Waals surface area contributed by atoms with Gasteiger partial charge in [-0.2, -0.15) is 0 Å². The summed E-state index contributed by atoms with van der Waals surface area (Å²) in [5.74, 6) is 1.79. The standard InChI is InChI=1S/C30H40N2O3S/c1-20-10-9-15-26(21(20)2)30(35)31-27(19-36-25-13-5-4-6-14-25)29(34)18-32-17-24-12-8-7-11-23(24)16-28(32)22(3)33/h4-6,9-10,13-15,23-24,27-29,34H,7-8,11-12,16-19H2,1-3H3,(H,31,35)/t23-,24+,27-,28-,29+/m0/s1. The largest absolute Gasteiger partial charge is 0.390 e. The molecule has 2 N–H and O–H groups in total. The maximum Gasteiger partial charge on any atom is 0.251 e. The third-order valence-corrected chi connectivity index (χ3v) is 9.33. The lowest BCUT2D eigenvalue weighted by atomic mass is 9.72. The minimum atomic E-state index is -0.780. The molecule has 0 spiro atoms. The van der Waals surface area contributed by atoms with Crippen LogP contribution in [0.3, 0.4) is 0 Å². The molecule has 5 atom stereocenters. The smallest absolute Gasteiger partial charge is 0.251 e. The predicted octanol–water partition coefficient (Wildman–Crippen LogP) is 5.02. The summed E-state index contributed by atoms with van der Waals surface area (Å²) in [6.45, 7) is 6.88. The van der Waals surface area contributed by atoms with Gasteiger partial charge in [-0.05, 0) is 74.8 Å². The lowest BCUT2D eigenvalue weighted by Gasteiger charge is -2.46. The van der Waals surface area contributed by atoms with Gasteiger partial charge in [0.1, 0.15) is 5.78 Å². The second kappa shape index (κ2) is 12.4. The van der Waals surface area contributed by atoms with Gasteiger partial charge in [0, 0.05) is 29.3 Å². The molecule has 1 aliphatic heterocycles. The van der Waals surface area contributed by atoms with Crippen molar-refractivity contribution >= 4 is 23.5 Å². The zero-order chi connectivity index (χ0) is 25.7. The molecule has 5 nitrogen and oxygen atoms in total. The molecule has 0 unspecified atom stereocenters. The van der Waals surface area contributed by atoms with Gasteiger partial charge in [-0.3, -0.25) is 14.5 Å². The van der Waals surface area contributed by atoms with Gasteiger partial charge in [-0.1, -0.05) is 49.6 Å². The average molecular weight is 509 g/mol. The van der Waals surface area contributed by atoms with E-state index in [9.17, 15) is 14.7 Å². The molecule has 0 bridgehead atoms. The van der Waals surface area contributed by atoms with E-state index in [0.29, 0.717) is 29.7 Å². The Balaban J connectivity index is 1.50. The first-order chi connectivity index (χ1) is 17.3. The number of nitrogens with zero attached hydrogens (tertiary/aromatic N) is 1. The Bertz CT molecular complexity index is 1040. The van der Waals surface area contributed by atoms with E-state index in [1.165, 1.54) is 25.7 Å². The molecule has 36 heavy (non-hydrogen) atoms. The topological polar surface area (TPSA) is 69.6 Å². The fourth-order valence-electron chi connectivity index (χ4n) is 5.89. The molecule has 1 saturated heterocycles. The van der Waals surface area contributed by atoms with Gasteiger partial charge >= 0.3 is 0 Å². The zero-order valence-electron chi connectivity index (χ0n) is 21.8. The number of piperidine rings is 1. The number of likely N-dealkylation sites (tertiary alicyclic amines) is 1. The molecule has 4 rings (SSSR count). The summed E-state index contributed by atoms with van der Waals surface area (Å²) >= 11 is 1.63. The Morgan fingerprint density at radius 2 is 1.78 bits per heavy atom. The van der Waals surface area contributed by atoms with Crippen LogP contribution < -0.4 is 5.32 Å². The fraction of sp³-hybridized carbons (Fsp3) is 0.533. The van der Waals surface area contributed by atoms with Crippen LogP contribution in [0.2, 0.25) is 0 Å². The Morgan fingerprint density at radius 3 is 2.50 bits per heavy atom. The van der Waals surface area contributed by atoms with Crippen molar-refractivity contribution in [1.82, 2.24) is 10.2 Å². The van der Waals surface area contributed by atoms with Crippen molar-refractivity contribution in [1.29, 1.82) is 0 Å². The molecular weight excluding hydrogens is 468 g/mol. The molecule has 0 aromatic heterocycles. The first kappa shape index (κ1) is 26.9. The number of benzene rings is 2. The number of ketones is 1.